The van der Waals surface area contributed by atoms with Gasteiger partial charge in [-0.3, -0.25) is 10.4 Å². The first-order valence-corrected chi connectivity index (χ1v) is 7.09. The highest BCUT2D eigenvalue weighted by Gasteiger charge is 2.23. The third-order valence-corrected chi connectivity index (χ3v) is 3.93. The molecule has 0 amide bonds. The molecule has 1 fully saturated rings. The van der Waals surface area contributed by atoms with Gasteiger partial charge in [-0.2, -0.15) is 0 Å². The van der Waals surface area contributed by atoms with Crippen LogP contribution < -0.4 is 10.6 Å². The standard InChI is InChI=1S/C15H24N4O/c1-10-8-13(14(15(16)17)11(2)18-10)19-6-4-12(5-7-19)9-20-3/h8,12H,4-7,9H2,1-3H3,(H3,16,17). The van der Waals surface area contributed by atoms with Gasteiger partial charge in [0.25, 0.3) is 0 Å². The minimum absolute atomic E-state index is 0.101. The number of nitrogens with one attached hydrogen (secondary N) is 1. The highest BCUT2D eigenvalue weighted by atomic mass is 16.5. The second-order valence-electron chi connectivity index (χ2n) is 5.54. The van der Waals surface area contributed by atoms with Crippen LogP contribution in [0.25, 0.3) is 0 Å². The van der Waals surface area contributed by atoms with E-state index in [0.29, 0.717) is 5.92 Å². The van der Waals surface area contributed by atoms with Crippen molar-refractivity contribution in [1.82, 2.24) is 4.98 Å². The lowest BCUT2D eigenvalue weighted by atomic mass is 9.96. The number of aryl methyl sites for hydroxylation is 2. The van der Waals surface area contributed by atoms with Gasteiger partial charge < -0.3 is 15.4 Å². The summed E-state index contributed by atoms with van der Waals surface area (Å²) in [6.07, 6.45) is 2.23. The molecule has 110 valence electrons. The topological polar surface area (TPSA) is 75.2 Å². The smallest absolute Gasteiger partial charge is 0.126 e. The summed E-state index contributed by atoms with van der Waals surface area (Å²) in [6.45, 7) is 6.71. The van der Waals surface area contributed by atoms with E-state index in [-0.39, 0.29) is 5.84 Å². The zero-order valence-corrected chi connectivity index (χ0v) is 12.6. The Morgan fingerprint density at radius 2 is 2.10 bits per heavy atom. The molecule has 2 rings (SSSR count). The van der Waals surface area contributed by atoms with Crippen molar-refractivity contribution >= 4 is 11.5 Å². The molecule has 0 bridgehead atoms. The van der Waals surface area contributed by atoms with E-state index in [1.807, 2.05) is 19.9 Å². The summed E-state index contributed by atoms with van der Waals surface area (Å²) < 4.78 is 5.24. The average Bonchev–Trinajstić information content (AvgIpc) is 2.38. The van der Waals surface area contributed by atoms with Crippen molar-refractivity contribution in [3.63, 3.8) is 0 Å². The van der Waals surface area contributed by atoms with E-state index >= 15 is 0 Å². The van der Waals surface area contributed by atoms with Crippen molar-refractivity contribution in [2.45, 2.75) is 26.7 Å². The van der Waals surface area contributed by atoms with Crippen LogP contribution >= 0.6 is 0 Å². The summed E-state index contributed by atoms with van der Waals surface area (Å²) in [5, 5.41) is 7.80. The van der Waals surface area contributed by atoms with Crippen LogP contribution in [-0.4, -0.2) is 37.6 Å². The summed E-state index contributed by atoms with van der Waals surface area (Å²) in [7, 11) is 1.76. The molecule has 5 heteroatoms. The van der Waals surface area contributed by atoms with Gasteiger partial charge in [-0.05, 0) is 38.7 Å². The van der Waals surface area contributed by atoms with Gasteiger partial charge in [0.1, 0.15) is 5.84 Å². The molecule has 1 aromatic rings. The first-order valence-electron chi connectivity index (χ1n) is 7.09. The van der Waals surface area contributed by atoms with Crippen molar-refractivity contribution < 1.29 is 4.74 Å². The molecule has 0 spiro atoms. The maximum atomic E-state index is 7.80. The van der Waals surface area contributed by atoms with Gasteiger partial charge in [0.2, 0.25) is 0 Å². The van der Waals surface area contributed by atoms with Gasteiger partial charge in [-0.1, -0.05) is 0 Å². The van der Waals surface area contributed by atoms with Gasteiger partial charge >= 0.3 is 0 Å². The molecule has 1 aromatic heterocycles. The zero-order valence-electron chi connectivity index (χ0n) is 12.6. The van der Waals surface area contributed by atoms with Crippen LogP contribution in [0.3, 0.4) is 0 Å². The van der Waals surface area contributed by atoms with E-state index in [2.05, 4.69) is 9.88 Å². The minimum Gasteiger partial charge on any atom is -0.384 e. The number of methoxy groups -OCH3 is 1. The van der Waals surface area contributed by atoms with Crippen LogP contribution in [0.1, 0.15) is 29.8 Å². The quantitative estimate of drug-likeness (QED) is 0.650. The molecule has 0 aliphatic carbocycles. The van der Waals surface area contributed by atoms with Crippen molar-refractivity contribution in [3.05, 3.63) is 23.0 Å². The van der Waals surface area contributed by atoms with Gasteiger partial charge in [0.05, 0.1) is 16.9 Å². The van der Waals surface area contributed by atoms with Crippen LogP contribution in [0.15, 0.2) is 6.07 Å². The van der Waals surface area contributed by atoms with Gasteiger partial charge in [0, 0.05) is 32.5 Å². The first-order chi connectivity index (χ1) is 9.52. The van der Waals surface area contributed by atoms with Gasteiger partial charge in [-0.15, -0.1) is 0 Å². The molecule has 20 heavy (non-hydrogen) atoms. The number of nitrogens with zero attached hydrogens (tertiary/aromatic N) is 2. The second-order valence-corrected chi connectivity index (χ2v) is 5.54. The molecule has 1 saturated heterocycles. The summed E-state index contributed by atoms with van der Waals surface area (Å²) in [6, 6.07) is 2.04. The largest absolute Gasteiger partial charge is 0.384 e. The van der Waals surface area contributed by atoms with Crippen LogP contribution in [0, 0.1) is 25.2 Å². The Morgan fingerprint density at radius 1 is 1.45 bits per heavy atom. The maximum absolute atomic E-state index is 7.80. The van der Waals surface area contributed by atoms with Crippen LogP contribution in [0.2, 0.25) is 0 Å². The number of piperidine rings is 1. The number of anilines is 1. The molecule has 0 aromatic carbocycles. The number of pyridine rings is 1. The Kier molecular flexibility index (Phi) is 4.60. The van der Waals surface area contributed by atoms with E-state index in [4.69, 9.17) is 15.9 Å². The zero-order chi connectivity index (χ0) is 14.7. The summed E-state index contributed by atoms with van der Waals surface area (Å²) in [5.74, 6) is 0.741. The number of ether oxygens (including phenoxy) is 1. The lowest BCUT2D eigenvalue weighted by Gasteiger charge is -2.34. The number of amidine groups is 1. The fourth-order valence-corrected chi connectivity index (χ4v) is 2.97. The number of nitrogens with two attached hydrogens (primary N) is 1. The van der Waals surface area contributed by atoms with Crippen LogP contribution in [0.5, 0.6) is 0 Å². The number of nitrogen functional groups attached to an aromatic ring is 1. The van der Waals surface area contributed by atoms with Gasteiger partial charge in [-0.25, -0.2) is 0 Å². The molecule has 0 atom stereocenters. The lowest BCUT2D eigenvalue weighted by molar-refractivity contribution is 0.139. The van der Waals surface area contributed by atoms with Crippen molar-refractivity contribution in [2.24, 2.45) is 11.7 Å². The van der Waals surface area contributed by atoms with E-state index in [1.54, 1.807) is 7.11 Å². The Morgan fingerprint density at radius 3 is 2.65 bits per heavy atom. The Labute approximate surface area is 120 Å². The van der Waals surface area contributed by atoms with Crippen molar-refractivity contribution in [2.75, 3.05) is 31.7 Å². The number of hydrogen-bond donors (Lipinski definition) is 2. The lowest BCUT2D eigenvalue weighted by Crippen LogP contribution is -2.36. The highest BCUT2D eigenvalue weighted by Crippen LogP contribution is 2.28. The Hall–Kier alpha value is -1.62. The summed E-state index contributed by atoms with van der Waals surface area (Å²) in [4.78, 5) is 6.75. The van der Waals surface area contributed by atoms with Crippen LogP contribution in [0.4, 0.5) is 5.69 Å². The van der Waals surface area contributed by atoms with E-state index in [1.165, 1.54) is 0 Å². The molecule has 1 aliphatic rings. The molecule has 0 radical (unpaired) electrons. The monoisotopic (exact) mass is 276 g/mol. The van der Waals surface area contributed by atoms with Crippen molar-refractivity contribution in [1.29, 1.82) is 5.41 Å². The summed E-state index contributed by atoms with van der Waals surface area (Å²) >= 11 is 0. The third-order valence-electron chi connectivity index (χ3n) is 3.93. The predicted octanol–water partition coefficient (Wildman–Crippen LogP) is 1.85. The SMILES string of the molecule is COCC1CCN(c2cc(C)nc(C)c2C(=N)N)CC1. The van der Waals surface area contributed by atoms with E-state index in [0.717, 1.165) is 55.2 Å². The fraction of sp³-hybridized carbons (Fsp3) is 0.600. The van der Waals surface area contributed by atoms with E-state index < -0.39 is 0 Å². The van der Waals surface area contributed by atoms with E-state index in [9.17, 15) is 0 Å². The molecular weight excluding hydrogens is 252 g/mol. The Bertz CT molecular complexity index is 493. The third kappa shape index (κ3) is 3.10. The molecule has 0 saturated carbocycles. The Balaban J connectivity index is 2.23. The highest BCUT2D eigenvalue weighted by molar-refractivity contribution is 6.01. The predicted molar refractivity (Wildman–Crippen MR) is 81.5 cm³/mol. The molecule has 5 nitrogen and oxygen atoms in total. The van der Waals surface area contributed by atoms with Gasteiger partial charge in [0.15, 0.2) is 0 Å². The summed E-state index contributed by atoms with van der Waals surface area (Å²) in [5.41, 5.74) is 9.39. The molecule has 1 aliphatic heterocycles. The minimum atomic E-state index is 0.101. The fourth-order valence-electron chi connectivity index (χ4n) is 2.97. The average molecular weight is 276 g/mol. The maximum Gasteiger partial charge on any atom is 0.126 e. The van der Waals surface area contributed by atoms with Crippen LogP contribution in [-0.2, 0) is 4.74 Å². The number of hydrogen-bond acceptors (Lipinski definition) is 4. The molecule has 0 unspecified atom stereocenters. The number of rotatable bonds is 4. The molecule has 2 heterocycles. The molecule has 3 N–H and O–H groups in total. The normalized spacial score (nSPS) is 16.4. The van der Waals surface area contributed by atoms with Crippen molar-refractivity contribution in [3.8, 4) is 0 Å². The number of aromatic nitrogens is 1. The molecular formula is C15H24N4O. The second kappa shape index (κ2) is 6.22. The first kappa shape index (κ1) is 14.8.